The van der Waals surface area contributed by atoms with Gasteiger partial charge in [0, 0.05) is 0 Å². The molecule has 1 unspecified atom stereocenters. The number of rotatable bonds is 1. The molecule has 0 amide bonds. The van der Waals surface area contributed by atoms with Crippen molar-refractivity contribution in [2.75, 3.05) is 0 Å². The van der Waals surface area contributed by atoms with Gasteiger partial charge in [0.2, 0.25) is 0 Å². The number of hydrogen-bond acceptors (Lipinski definition) is 6. The second-order valence-corrected chi connectivity index (χ2v) is 3.63. The minimum atomic E-state index is -2.66. The molecular weight excluding hydrogens is 228 g/mol. The molecule has 0 radical (unpaired) electrons. The lowest BCUT2D eigenvalue weighted by atomic mass is 10.1. The Bertz CT molecular complexity index is 442. The van der Waals surface area contributed by atoms with Crippen LogP contribution < -0.4 is 0 Å². The first-order chi connectivity index (χ1) is 7.94. The van der Waals surface area contributed by atoms with Crippen LogP contribution >= 0.6 is 0 Å². The summed E-state index contributed by atoms with van der Waals surface area (Å²) in [6.45, 7) is 1.14. The van der Waals surface area contributed by atoms with Crippen molar-refractivity contribution in [3.63, 3.8) is 0 Å². The van der Waals surface area contributed by atoms with E-state index < -0.39 is 24.0 Å². The fraction of sp³-hybridized carbons (Fsp3) is 0.273. The highest BCUT2D eigenvalue weighted by Gasteiger charge is 2.46. The molecule has 90 valence electrons. The number of ether oxygens (including phenoxy) is 2. The lowest BCUT2D eigenvalue weighted by Crippen LogP contribution is -2.47. The van der Waals surface area contributed by atoms with E-state index in [-0.39, 0.29) is 11.1 Å². The monoisotopic (exact) mass is 238 g/mol. The largest absolute Gasteiger partial charge is 0.401 e. The number of carbonyl (C=O) groups is 2. The van der Waals surface area contributed by atoms with Crippen molar-refractivity contribution >= 4 is 11.9 Å². The van der Waals surface area contributed by atoms with Gasteiger partial charge in [0.25, 0.3) is 0 Å². The fourth-order valence-electron chi connectivity index (χ4n) is 1.41. The van der Waals surface area contributed by atoms with E-state index in [0.717, 1.165) is 6.92 Å². The molecule has 6 nitrogen and oxygen atoms in total. The number of esters is 2. The van der Waals surface area contributed by atoms with E-state index in [4.69, 9.17) is 0 Å². The lowest BCUT2D eigenvalue weighted by molar-refractivity contribution is -0.340. The van der Waals surface area contributed by atoms with Crippen LogP contribution in [0.25, 0.3) is 0 Å². The van der Waals surface area contributed by atoms with Crippen molar-refractivity contribution in [3.8, 4) is 0 Å². The number of aliphatic hydroxyl groups excluding tert-OH is 1. The zero-order valence-electron chi connectivity index (χ0n) is 8.91. The Kier molecular flexibility index (Phi) is 2.60. The second kappa shape index (κ2) is 3.83. The van der Waals surface area contributed by atoms with Gasteiger partial charge in [-0.15, -0.1) is 0 Å². The zero-order chi connectivity index (χ0) is 12.6. The molecule has 2 N–H and O–H groups in total. The highest BCUT2D eigenvalue weighted by molar-refractivity contribution is 6.04. The fourth-order valence-corrected chi connectivity index (χ4v) is 1.41. The van der Waals surface area contributed by atoms with E-state index >= 15 is 0 Å². The Hall–Kier alpha value is -1.92. The molecule has 6 heteroatoms. The molecule has 1 aliphatic rings. The number of cyclic esters (lactones) is 2. The quantitative estimate of drug-likeness (QED) is 0.671. The molecule has 0 aromatic heterocycles. The molecule has 1 aliphatic heterocycles. The Balaban J connectivity index is 2.49. The molecule has 1 atom stereocenters. The number of benzene rings is 1. The van der Waals surface area contributed by atoms with Gasteiger partial charge in [0.05, 0.1) is 11.1 Å². The summed E-state index contributed by atoms with van der Waals surface area (Å²) in [5.41, 5.74) is -0.0387. The molecule has 0 fully saturated rings. The van der Waals surface area contributed by atoms with Gasteiger partial charge in [-0.25, -0.2) is 9.59 Å². The SMILES string of the molecule is CC(O)C1(O)OC(=O)c2ccccc2C(=O)O1. The van der Waals surface area contributed by atoms with E-state index in [1.165, 1.54) is 12.1 Å². The number of carbonyl (C=O) groups excluding carboxylic acids is 2. The van der Waals surface area contributed by atoms with Crippen molar-refractivity contribution in [1.29, 1.82) is 0 Å². The minimum absolute atomic E-state index is 0.0194. The number of fused-ring (bicyclic) bond motifs is 1. The summed E-state index contributed by atoms with van der Waals surface area (Å²) < 4.78 is 9.16. The van der Waals surface area contributed by atoms with Gasteiger partial charge < -0.3 is 19.7 Å². The minimum Gasteiger partial charge on any atom is -0.392 e. The standard InChI is InChI=1S/C11H10O6/c1-6(12)11(15)16-9(13)7-4-2-3-5-8(7)10(14)17-11/h2-6,12,15H,1H3. The third-order valence-electron chi connectivity index (χ3n) is 2.37. The first-order valence-corrected chi connectivity index (χ1v) is 4.90. The van der Waals surface area contributed by atoms with E-state index in [9.17, 15) is 19.8 Å². The average molecular weight is 238 g/mol. The lowest BCUT2D eigenvalue weighted by Gasteiger charge is -2.26. The first-order valence-electron chi connectivity index (χ1n) is 4.90. The van der Waals surface area contributed by atoms with Crippen LogP contribution in [0.1, 0.15) is 27.6 Å². The van der Waals surface area contributed by atoms with Gasteiger partial charge in [-0.3, -0.25) is 0 Å². The van der Waals surface area contributed by atoms with Crippen molar-refractivity contribution < 1.29 is 29.3 Å². The van der Waals surface area contributed by atoms with Crippen LogP contribution in [0.15, 0.2) is 24.3 Å². The highest BCUT2D eigenvalue weighted by atomic mass is 16.8. The van der Waals surface area contributed by atoms with E-state index in [0.29, 0.717) is 0 Å². The molecule has 17 heavy (non-hydrogen) atoms. The van der Waals surface area contributed by atoms with Gasteiger partial charge in [0.15, 0.2) is 6.10 Å². The molecule has 0 bridgehead atoms. The van der Waals surface area contributed by atoms with Gasteiger partial charge in [-0.05, 0) is 19.1 Å². The highest BCUT2D eigenvalue weighted by Crippen LogP contribution is 2.25. The molecular formula is C11H10O6. The van der Waals surface area contributed by atoms with Gasteiger partial charge in [0.1, 0.15) is 0 Å². The Morgan fingerprint density at radius 2 is 1.53 bits per heavy atom. The third-order valence-corrected chi connectivity index (χ3v) is 2.37. The van der Waals surface area contributed by atoms with Crippen LogP contribution in [0.4, 0.5) is 0 Å². The molecule has 0 aliphatic carbocycles. The maximum atomic E-state index is 11.6. The van der Waals surface area contributed by atoms with Crippen LogP contribution in [0.2, 0.25) is 0 Å². The molecule has 1 heterocycles. The molecule has 2 rings (SSSR count). The second-order valence-electron chi connectivity index (χ2n) is 3.63. The Morgan fingerprint density at radius 1 is 1.12 bits per heavy atom. The van der Waals surface area contributed by atoms with Gasteiger partial charge >= 0.3 is 17.9 Å². The molecule has 0 saturated carbocycles. The molecule has 1 aromatic carbocycles. The summed E-state index contributed by atoms with van der Waals surface area (Å²) >= 11 is 0. The molecule has 0 saturated heterocycles. The number of hydrogen-bond donors (Lipinski definition) is 2. The zero-order valence-corrected chi connectivity index (χ0v) is 8.91. The molecule has 1 aromatic rings. The predicted molar refractivity (Wildman–Crippen MR) is 53.9 cm³/mol. The van der Waals surface area contributed by atoms with Crippen LogP contribution in [0.5, 0.6) is 0 Å². The van der Waals surface area contributed by atoms with E-state index in [1.54, 1.807) is 12.1 Å². The van der Waals surface area contributed by atoms with Crippen molar-refractivity contribution in [2.24, 2.45) is 0 Å². The Labute approximate surface area is 96.4 Å². The average Bonchev–Trinajstić information content (AvgIpc) is 2.37. The summed E-state index contributed by atoms with van der Waals surface area (Å²) in [4.78, 5) is 23.3. The van der Waals surface area contributed by atoms with E-state index in [1.807, 2.05) is 0 Å². The maximum absolute atomic E-state index is 11.6. The van der Waals surface area contributed by atoms with Crippen LogP contribution in [0, 0.1) is 0 Å². The van der Waals surface area contributed by atoms with E-state index in [2.05, 4.69) is 9.47 Å². The summed E-state index contributed by atoms with van der Waals surface area (Å²) in [5.74, 6) is -4.53. The van der Waals surface area contributed by atoms with Gasteiger partial charge in [-0.2, -0.15) is 0 Å². The van der Waals surface area contributed by atoms with Crippen LogP contribution in [-0.2, 0) is 9.47 Å². The summed E-state index contributed by atoms with van der Waals surface area (Å²) in [6.07, 6.45) is -1.57. The van der Waals surface area contributed by atoms with Crippen molar-refractivity contribution in [1.82, 2.24) is 0 Å². The van der Waals surface area contributed by atoms with Crippen LogP contribution in [0.3, 0.4) is 0 Å². The Morgan fingerprint density at radius 3 is 1.88 bits per heavy atom. The third kappa shape index (κ3) is 1.88. The maximum Gasteiger partial charge on any atom is 0.401 e. The summed E-state index contributed by atoms with van der Waals surface area (Å²) in [5, 5.41) is 19.0. The topological polar surface area (TPSA) is 93.1 Å². The first kappa shape index (κ1) is 11.6. The van der Waals surface area contributed by atoms with Crippen molar-refractivity contribution in [2.45, 2.75) is 19.0 Å². The predicted octanol–water partition coefficient (Wildman–Crippen LogP) is 0.0407. The summed E-state index contributed by atoms with van der Waals surface area (Å²) in [7, 11) is 0. The smallest absolute Gasteiger partial charge is 0.392 e. The molecule has 0 spiro atoms. The summed E-state index contributed by atoms with van der Waals surface area (Å²) in [6, 6.07) is 5.82. The normalized spacial score (nSPS) is 19.7. The number of aliphatic hydroxyl groups is 2. The van der Waals surface area contributed by atoms with Crippen molar-refractivity contribution in [3.05, 3.63) is 35.4 Å². The van der Waals surface area contributed by atoms with Gasteiger partial charge in [-0.1, -0.05) is 12.1 Å². The van der Waals surface area contributed by atoms with Crippen LogP contribution in [-0.4, -0.2) is 34.2 Å².